The lowest BCUT2D eigenvalue weighted by atomic mass is 9.75. The highest BCUT2D eigenvalue weighted by molar-refractivity contribution is 5.85. The highest BCUT2D eigenvalue weighted by Crippen LogP contribution is 2.30. The maximum absolute atomic E-state index is 11.3. The Hall–Kier alpha value is -0.400. The molecular formula is C9H18ClNO5. The van der Waals surface area contributed by atoms with Crippen LogP contribution in [0.2, 0.25) is 0 Å². The molecule has 0 heterocycles. The Labute approximate surface area is 99.7 Å². The fourth-order valence-corrected chi connectivity index (χ4v) is 1.95. The smallest absolute Gasteiger partial charge is 0.225 e. The summed E-state index contributed by atoms with van der Waals surface area (Å²) in [6.45, 7) is -0.321. The predicted molar refractivity (Wildman–Crippen MR) is 58.0 cm³/mol. The average Bonchev–Trinajstić information content (AvgIpc) is 2.25. The van der Waals surface area contributed by atoms with Gasteiger partial charge in [-0.05, 0) is 6.42 Å². The number of aliphatic hydroxyl groups is 4. The number of halogens is 1. The van der Waals surface area contributed by atoms with Crippen molar-refractivity contribution < 1.29 is 25.2 Å². The summed E-state index contributed by atoms with van der Waals surface area (Å²) >= 11 is 0. The molecule has 1 amide bonds. The van der Waals surface area contributed by atoms with E-state index in [1.54, 1.807) is 0 Å². The lowest BCUT2D eigenvalue weighted by Crippen LogP contribution is -2.55. The average molecular weight is 256 g/mol. The van der Waals surface area contributed by atoms with Gasteiger partial charge in [-0.1, -0.05) is 0 Å². The van der Waals surface area contributed by atoms with Gasteiger partial charge in [0.25, 0.3) is 0 Å². The van der Waals surface area contributed by atoms with E-state index in [1.165, 1.54) is 7.05 Å². The fraction of sp³-hybridized carbons (Fsp3) is 0.889. The van der Waals surface area contributed by atoms with E-state index in [-0.39, 0.29) is 25.4 Å². The second-order valence-corrected chi connectivity index (χ2v) is 3.87. The van der Waals surface area contributed by atoms with Crippen LogP contribution < -0.4 is 5.32 Å². The van der Waals surface area contributed by atoms with Crippen molar-refractivity contribution in [3.8, 4) is 0 Å². The standard InChI is InChI=1S/C9H17NO5.ClH/c1-10-9(15)5-2-4(3-11)6(12)8(14)7(5)13;/h4-8,11-14H,2-3H2,1H3,(H,10,15);1H/t4-,5+,6-,7-,8+;/m1./s1. The first-order valence-corrected chi connectivity index (χ1v) is 4.89. The molecule has 0 radical (unpaired) electrons. The third-order valence-corrected chi connectivity index (χ3v) is 2.97. The first kappa shape index (κ1) is 15.6. The molecule has 1 fully saturated rings. The Morgan fingerprint density at radius 3 is 2.25 bits per heavy atom. The second kappa shape index (κ2) is 6.36. The van der Waals surface area contributed by atoms with Gasteiger partial charge in [0.2, 0.25) is 5.91 Å². The van der Waals surface area contributed by atoms with Crippen LogP contribution in [0.1, 0.15) is 6.42 Å². The molecule has 0 aliphatic heterocycles. The maximum Gasteiger partial charge on any atom is 0.225 e. The van der Waals surface area contributed by atoms with Gasteiger partial charge in [0.1, 0.15) is 6.10 Å². The number of hydrogen-bond acceptors (Lipinski definition) is 5. The van der Waals surface area contributed by atoms with Gasteiger partial charge in [-0.15, -0.1) is 12.4 Å². The molecule has 1 saturated carbocycles. The fourth-order valence-electron chi connectivity index (χ4n) is 1.95. The minimum Gasteiger partial charge on any atom is -0.396 e. The SMILES string of the molecule is CNC(=O)[C@H]1C[C@H](CO)[C@@H](O)[C@H](O)[C@@H]1O.Cl. The number of hydrogen-bond donors (Lipinski definition) is 5. The Morgan fingerprint density at radius 1 is 1.25 bits per heavy atom. The number of carbonyl (C=O) groups excluding carboxylic acids is 1. The van der Waals surface area contributed by atoms with Crippen molar-refractivity contribution in [1.82, 2.24) is 5.32 Å². The van der Waals surface area contributed by atoms with E-state index in [1.807, 2.05) is 0 Å². The Morgan fingerprint density at radius 2 is 1.81 bits per heavy atom. The second-order valence-electron chi connectivity index (χ2n) is 3.87. The summed E-state index contributed by atoms with van der Waals surface area (Å²) in [7, 11) is 1.43. The van der Waals surface area contributed by atoms with E-state index >= 15 is 0 Å². The molecule has 6 nitrogen and oxygen atoms in total. The van der Waals surface area contributed by atoms with E-state index in [9.17, 15) is 20.1 Å². The molecule has 7 heteroatoms. The predicted octanol–water partition coefficient (Wildman–Crippen LogP) is -2.13. The number of nitrogens with one attached hydrogen (secondary N) is 1. The lowest BCUT2D eigenvalue weighted by Gasteiger charge is -2.38. The molecule has 0 saturated heterocycles. The van der Waals surface area contributed by atoms with Crippen molar-refractivity contribution in [2.24, 2.45) is 11.8 Å². The first-order chi connectivity index (χ1) is 7.02. The summed E-state index contributed by atoms with van der Waals surface area (Å²) < 4.78 is 0. The minimum absolute atomic E-state index is 0. The van der Waals surface area contributed by atoms with Crippen LogP contribution in [0.5, 0.6) is 0 Å². The van der Waals surface area contributed by atoms with Crippen molar-refractivity contribution >= 4 is 18.3 Å². The van der Waals surface area contributed by atoms with E-state index < -0.39 is 36.1 Å². The summed E-state index contributed by atoms with van der Waals surface area (Å²) in [6.07, 6.45) is -3.71. The normalized spacial score (nSPS) is 38.7. The van der Waals surface area contributed by atoms with Crippen LogP contribution in [-0.4, -0.2) is 58.3 Å². The molecule has 0 aromatic heterocycles. The van der Waals surface area contributed by atoms with Crippen LogP contribution in [0, 0.1) is 11.8 Å². The van der Waals surface area contributed by atoms with Gasteiger partial charge in [-0.3, -0.25) is 4.79 Å². The third kappa shape index (κ3) is 2.83. The Kier molecular flexibility index (Phi) is 6.20. The van der Waals surface area contributed by atoms with Gasteiger partial charge in [0, 0.05) is 19.6 Å². The summed E-state index contributed by atoms with van der Waals surface area (Å²) in [5, 5.41) is 39.8. The quantitative estimate of drug-likeness (QED) is 0.387. The van der Waals surface area contributed by atoms with Crippen LogP contribution in [0.3, 0.4) is 0 Å². The van der Waals surface area contributed by atoms with Crippen LogP contribution in [0.25, 0.3) is 0 Å². The molecular weight excluding hydrogens is 238 g/mol. The molecule has 5 atom stereocenters. The number of carbonyl (C=O) groups is 1. The summed E-state index contributed by atoms with van der Waals surface area (Å²) in [6, 6.07) is 0. The largest absolute Gasteiger partial charge is 0.396 e. The van der Waals surface area contributed by atoms with Crippen molar-refractivity contribution in [2.75, 3.05) is 13.7 Å². The summed E-state index contributed by atoms with van der Waals surface area (Å²) in [5.74, 6) is -1.76. The molecule has 0 aromatic rings. The zero-order valence-corrected chi connectivity index (χ0v) is 9.72. The summed E-state index contributed by atoms with van der Waals surface area (Å²) in [4.78, 5) is 11.3. The van der Waals surface area contributed by atoms with E-state index in [4.69, 9.17) is 5.11 Å². The van der Waals surface area contributed by atoms with Crippen molar-refractivity contribution in [2.45, 2.75) is 24.7 Å². The molecule has 0 unspecified atom stereocenters. The molecule has 1 rings (SSSR count). The number of amides is 1. The number of aliphatic hydroxyl groups excluding tert-OH is 4. The van der Waals surface area contributed by atoms with Gasteiger partial charge < -0.3 is 25.7 Å². The minimum atomic E-state index is -1.39. The van der Waals surface area contributed by atoms with Gasteiger partial charge >= 0.3 is 0 Å². The highest BCUT2D eigenvalue weighted by atomic mass is 35.5. The van der Waals surface area contributed by atoms with Gasteiger partial charge in [-0.25, -0.2) is 0 Å². The van der Waals surface area contributed by atoms with Crippen LogP contribution in [-0.2, 0) is 4.79 Å². The van der Waals surface area contributed by atoms with Gasteiger partial charge in [-0.2, -0.15) is 0 Å². The molecule has 0 aromatic carbocycles. The van der Waals surface area contributed by atoms with Gasteiger partial charge in [0.15, 0.2) is 0 Å². The van der Waals surface area contributed by atoms with Crippen LogP contribution in [0.15, 0.2) is 0 Å². The Balaban J connectivity index is 0.00000225. The maximum atomic E-state index is 11.3. The molecule has 5 N–H and O–H groups in total. The molecule has 0 bridgehead atoms. The molecule has 0 spiro atoms. The molecule has 1 aliphatic rings. The molecule has 1 aliphatic carbocycles. The van der Waals surface area contributed by atoms with E-state index in [0.717, 1.165) is 0 Å². The topological polar surface area (TPSA) is 110 Å². The first-order valence-electron chi connectivity index (χ1n) is 4.89. The van der Waals surface area contributed by atoms with E-state index in [2.05, 4.69) is 5.32 Å². The van der Waals surface area contributed by atoms with E-state index in [0.29, 0.717) is 0 Å². The monoisotopic (exact) mass is 255 g/mol. The van der Waals surface area contributed by atoms with Crippen molar-refractivity contribution in [3.05, 3.63) is 0 Å². The van der Waals surface area contributed by atoms with Crippen LogP contribution in [0.4, 0.5) is 0 Å². The molecule has 96 valence electrons. The lowest BCUT2D eigenvalue weighted by molar-refractivity contribution is -0.158. The zero-order valence-electron chi connectivity index (χ0n) is 8.91. The van der Waals surface area contributed by atoms with Crippen molar-refractivity contribution in [3.63, 3.8) is 0 Å². The van der Waals surface area contributed by atoms with Crippen LogP contribution >= 0.6 is 12.4 Å². The Bertz CT molecular complexity index is 238. The molecule has 16 heavy (non-hydrogen) atoms. The van der Waals surface area contributed by atoms with Crippen molar-refractivity contribution in [1.29, 1.82) is 0 Å². The third-order valence-electron chi connectivity index (χ3n) is 2.97. The number of rotatable bonds is 2. The highest BCUT2D eigenvalue weighted by Gasteiger charge is 2.44. The van der Waals surface area contributed by atoms with Gasteiger partial charge in [0.05, 0.1) is 18.1 Å². The zero-order chi connectivity index (χ0) is 11.6. The summed E-state index contributed by atoms with van der Waals surface area (Å²) in [5.41, 5.74) is 0.